The van der Waals surface area contributed by atoms with E-state index in [-0.39, 0.29) is 24.7 Å². The van der Waals surface area contributed by atoms with Crippen molar-refractivity contribution in [2.24, 2.45) is 5.92 Å². The van der Waals surface area contributed by atoms with E-state index in [4.69, 9.17) is 5.11 Å². The Bertz CT molecular complexity index is 429. The minimum absolute atomic E-state index is 0.0163. The number of rotatable bonds is 6. The molecule has 0 heterocycles. The highest BCUT2D eigenvalue weighted by molar-refractivity contribution is 5.91. The van der Waals surface area contributed by atoms with Gasteiger partial charge in [-0.2, -0.15) is 0 Å². The summed E-state index contributed by atoms with van der Waals surface area (Å²) in [4.78, 5) is 22.2. The Hall–Kier alpha value is -1.84. The number of nitrogens with one attached hydrogen (secondary N) is 1. The number of carbonyl (C=O) groups is 2. The molecule has 98 valence electrons. The number of anilines is 1. The number of benzene rings is 1. The highest BCUT2D eigenvalue weighted by Gasteiger charge is 2.12. The largest absolute Gasteiger partial charge is 0.481 e. The third-order valence-electron chi connectivity index (χ3n) is 2.68. The van der Waals surface area contributed by atoms with Gasteiger partial charge in [0.15, 0.2) is 0 Å². The first-order chi connectivity index (χ1) is 8.51. The molecule has 0 fully saturated rings. The van der Waals surface area contributed by atoms with Crippen molar-refractivity contribution in [3.8, 4) is 0 Å². The third-order valence-corrected chi connectivity index (χ3v) is 2.68. The molecule has 1 unspecified atom stereocenters. The maximum absolute atomic E-state index is 11.7. The molecule has 0 spiro atoms. The van der Waals surface area contributed by atoms with Gasteiger partial charge in [0, 0.05) is 18.5 Å². The second kappa shape index (κ2) is 6.79. The molecule has 4 nitrogen and oxygen atoms in total. The maximum Gasteiger partial charge on any atom is 0.303 e. The zero-order chi connectivity index (χ0) is 13.5. The van der Waals surface area contributed by atoms with E-state index in [0.717, 1.165) is 17.7 Å². The monoisotopic (exact) mass is 249 g/mol. The number of aliphatic carboxylic acids is 1. The minimum atomic E-state index is -0.872. The molecule has 2 N–H and O–H groups in total. The fourth-order valence-electron chi connectivity index (χ4n) is 1.77. The average molecular weight is 249 g/mol. The molecule has 0 bridgehead atoms. The van der Waals surface area contributed by atoms with Crippen LogP contribution >= 0.6 is 0 Å². The van der Waals surface area contributed by atoms with Gasteiger partial charge in [0.25, 0.3) is 0 Å². The van der Waals surface area contributed by atoms with E-state index in [1.807, 2.05) is 24.3 Å². The van der Waals surface area contributed by atoms with Gasteiger partial charge < -0.3 is 10.4 Å². The molecule has 1 aromatic carbocycles. The molecule has 1 rings (SSSR count). The molecule has 0 aliphatic heterocycles. The molecule has 1 aromatic rings. The SMILES string of the molecule is CCc1cccc(NC(=O)CC(C)CC(=O)O)c1. The van der Waals surface area contributed by atoms with Crippen LogP contribution in [0, 0.1) is 5.92 Å². The number of aryl methyl sites for hydroxylation is 1. The van der Waals surface area contributed by atoms with Gasteiger partial charge in [0.05, 0.1) is 0 Å². The van der Waals surface area contributed by atoms with Crippen LogP contribution in [0.5, 0.6) is 0 Å². The minimum Gasteiger partial charge on any atom is -0.481 e. The van der Waals surface area contributed by atoms with Crippen LogP contribution in [0.25, 0.3) is 0 Å². The molecule has 1 amide bonds. The Kier molecular flexibility index (Phi) is 5.36. The fraction of sp³-hybridized carbons (Fsp3) is 0.429. The fourth-order valence-corrected chi connectivity index (χ4v) is 1.77. The van der Waals surface area contributed by atoms with Crippen molar-refractivity contribution in [2.75, 3.05) is 5.32 Å². The molecule has 0 aliphatic rings. The highest BCUT2D eigenvalue weighted by atomic mass is 16.4. The Labute approximate surface area is 107 Å². The lowest BCUT2D eigenvalue weighted by atomic mass is 10.0. The molecule has 4 heteroatoms. The van der Waals surface area contributed by atoms with Crippen molar-refractivity contribution in [3.05, 3.63) is 29.8 Å². The van der Waals surface area contributed by atoms with E-state index < -0.39 is 5.97 Å². The summed E-state index contributed by atoms with van der Waals surface area (Å²) in [6, 6.07) is 7.66. The Balaban J connectivity index is 2.51. The topological polar surface area (TPSA) is 66.4 Å². The van der Waals surface area contributed by atoms with Crippen LogP contribution in [0.4, 0.5) is 5.69 Å². The van der Waals surface area contributed by atoms with Gasteiger partial charge in [-0.25, -0.2) is 0 Å². The van der Waals surface area contributed by atoms with Gasteiger partial charge in [-0.3, -0.25) is 9.59 Å². The summed E-state index contributed by atoms with van der Waals surface area (Å²) in [6.45, 7) is 3.81. The number of hydrogen-bond acceptors (Lipinski definition) is 2. The molecule has 1 atom stereocenters. The van der Waals surface area contributed by atoms with Crippen LogP contribution in [0.2, 0.25) is 0 Å². The van der Waals surface area contributed by atoms with Crippen molar-refractivity contribution in [1.29, 1.82) is 0 Å². The number of carbonyl (C=O) groups excluding carboxylic acids is 1. The molecule has 18 heavy (non-hydrogen) atoms. The predicted octanol–water partition coefficient (Wildman–Crippen LogP) is 2.69. The Morgan fingerprint density at radius 3 is 2.67 bits per heavy atom. The molecule has 0 saturated carbocycles. The first-order valence-corrected chi connectivity index (χ1v) is 6.11. The Morgan fingerprint density at radius 2 is 2.06 bits per heavy atom. The predicted molar refractivity (Wildman–Crippen MR) is 70.5 cm³/mol. The second-order valence-electron chi connectivity index (χ2n) is 4.51. The zero-order valence-corrected chi connectivity index (χ0v) is 10.8. The van der Waals surface area contributed by atoms with Gasteiger partial charge >= 0.3 is 5.97 Å². The van der Waals surface area contributed by atoms with Gasteiger partial charge in [0.2, 0.25) is 5.91 Å². The summed E-state index contributed by atoms with van der Waals surface area (Å²) in [5.74, 6) is -1.17. The zero-order valence-electron chi connectivity index (χ0n) is 10.8. The van der Waals surface area contributed by atoms with Crippen LogP contribution in [-0.4, -0.2) is 17.0 Å². The summed E-state index contributed by atoms with van der Waals surface area (Å²) in [6.07, 6.45) is 1.16. The number of carboxylic acids is 1. The summed E-state index contributed by atoms with van der Waals surface area (Å²) >= 11 is 0. The van der Waals surface area contributed by atoms with Crippen molar-refractivity contribution >= 4 is 17.6 Å². The molecule has 0 radical (unpaired) electrons. The molecular weight excluding hydrogens is 230 g/mol. The van der Waals surface area contributed by atoms with Gasteiger partial charge in [-0.15, -0.1) is 0 Å². The van der Waals surface area contributed by atoms with E-state index >= 15 is 0 Å². The first-order valence-electron chi connectivity index (χ1n) is 6.11. The third kappa shape index (κ3) is 4.99. The Morgan fingerprint density at radius 1 is 1.33 bits per heavy atom. The quantitative estimate of drug-likeness (QED) is 0.814. The van der Waals surface area contributed by atoms with Gasteiger partial charge in [-0.05, 0) is 30.0 Å². The van der Waals surface area contributed by atoms with E-state index in [1.165, 1.54) is 0 Å². The number of carboxylic acid groups (broad SMARTS) is 1. The van der Waals surface area contributed by atoms with Crippen LogP contribution in [0.3, 0.4) is 0 Å². The standard InChI is InChI=1S/C14H19NO3/c1-3-11-5-4-6-12(9-11)15-13(16)7-10(2)8-14(17)18/h4-6,9-10H,3,7-8H2,1-2H3,(H,15,16)(H,17,18). The smallest absolute Gasteiger partial charge is 0.303 e. The van der Waals surface area contributed by atoms with Crippen molar-refractivity contribution in [3.63, 3.8) is 0 Å². The summed E-state index contributed by atoms with van der Waals surface area (Å²) in [7, 11) is 0. The lowest BCUT2D eigenvalue weighted by Gasteiger charge is -2.10. The van der Waals surface area contributed by atoms with Gasteiger partial charge in [-0.1, -0.05) is 26.0 Å². The molecular formula is C14H19NO3. The number of hydrogen-bond donors (Lipinski definition) is 2. The normalized spacial score (nSPS) is 11.9. The van der Waals surface area contributed by atoms with E-state index in [9.17, 15) is 9.59 Å². The van der Waals surface area contributed by atoms with Gasteiger partial charge in [0.1, 0.15) is 0 Å². The van der Waals surface area contributed by atoms with E-state index in [2.05, 4.69) is 12.2 Å². The second-order valence-corrected chi connectivity index (χ2v) is 4.51. The van der Waals surface area contributed by atoms with Crippen molar-refractivity contribution in [2.45, 2.75) is 33.1 Å². The summed E-state index contributed by atoms with van der Waals surface area (Å²) in [5.41, 5.74) is 1.92. The van der Waals surface area contributed by atoms with Crippen LogP contribution < -0.4 is 5.32 Å². The van der Waals surface area contributed by atoms with Crippen LogP contribution in [0.1, 0.15) is 32.3 Å². The van der Waals surface area contributed by atoms with E-state index in [0.29, 0.717) is 0 Å². The lowest BCUT2D eigenvalue weighted by molar-refractivity contribution is -0.138. The first kappa shape index (κ1) is 14.2. The summed E-state index contributed by atoms with van der Waals surface area (Å²) < 4.78 is 0. The molecule has 0 aromatic heterocycles. The van der Waals surface area contributed by atoms with Crippen LogP contribution in [0.15, 0.2) is 24.3 Å². The van der Waals surface area contributed by atoms with E-state index in [1.54, 1.807) is 6.92 Å². The molecule has 0 saturated heterocycles. The molecule has 0 aliphatic carbocycles. The van der Waals surface area contributed by atoms with Crippen molar-refractivity contribution in [1.82, 2.24) is 0 Å². The average Bonchev–Trinajstić information content (AvgIpc) is 2.27. The lowest BCUT2D eigenvalue weighted by Crippen LogP contribution is -2.17. The highest BCUT2D eigenvalue weighted by Crippen LogP contribution is 2.13. The van der Waals surface area contributed by atoms with Crippen molar-refractivity contribution < 1.29 is 14.7 Å². The van der Waals surface area contributed by atoms with Crippen LogP contribution in [-0.2, 0) is 16.0 Å². The summed E-state index contributed by atoms with van der Waals surface area (Å²) in [5, 5.41) is 11.4. The number of amides is 1. The maximum atomic E-state index is 11.7.